The first-order valence-electron chi connectivity index (χ1n) is 4.67. The molecule has 0 radical (unpaired) electrons. The predicted octanol–water partition coefficient (Wildman–Crippen LogP) is 1.84. The molecule has 0 saturated heterocycles. The van der Waals surface area contributed by atoms with Crippen LogP contribution in [-0.2, 0) is 13.6 Å². The predicted molar refractivity (Wildman–Crippen MR) is 62.0 cm³/mol. The third-order valence-electron chi connectivity index (χ3n) is 2.33. The van der Waals surface area contributed by atoms with Crippen LogP contribution in [-0.4, -0.2) is 15.0 Å². The fraction of sp³-hybridized carbons (Fsp3) is 0.200. The van der Waals surface area contributed by atoms with Gasteiger partial charge in [-0.1, -0.05) is 17.3 Å². The zero-order valence-corrected chi connectivity index (χ0v) is 10.2. The van der Waals surface area contributed by atoms with Crippen LogP contribution in [0.25, 0.3) is 11.3 Å². The quantitative estimate of drug-likeness (QED) is 0.916. The van der Waals surface area contributed by atoms with Crippen molar-refractivity contribution in [2.45, 2.75) is 6.54 Å². The molecule has 0 saturated carbocycles. The summed E-state index contributed by atoms with van der Waals surface area (Å²) in [6.45, 7) is 0.191. The van der Waals surface area contributed by atoms with Crippen LogP contribution < -0.4 is 5.73 Å². The minimum atomic E-state index is -0.312. The lowest BCUT2D eigenvalue weighted by Crippen LogP contribution is -2.00. The Balaban J connectivity index is 2.53. The van der Waals surface area contributed by atoms with Gasteiger partial charge in [0.05, 0.1) is 0 Å². The van der Waals surface area contributed by atoms with E-state index in [4.69, 9.17) is 5.73 Å². The summed E-state index contributed by atoms with van der Waals surface area (Å²) in [4.78, 5) is 0. The Bertz CT molecular complexity index is 504. The van der Waals surface area contributed by atoms with Gasteiger partial charge in [0.25, 0.3) is 0 Å². The number of halogens is 2. The minimum absolute atomic E-state index is 0.191. The van der Waals surface area contributed by atoms with E-state index in [0.717, 1.165) is 5.69 Å². The largest absolute Gasteiger partial charge is 0.326 e. The first-order valence-corrected chi connectivity index (χ1v) is 5.47. The Morgan fingerprint density at radius 2 is 2.25 bits per heavy atom. The third kappa shape index (κ3) is 1.85. The zero-order valence-electron chi connectivity index (χ0n) is 8.61. The molecule has 4 nitrogen and oxygen atoms in total. The van der Waals surface area contributed by atoms with E-state index >= 15 is 0 Å². The van der Waals surface area contributed by atoms with Gasteiger partial charge in [-0.25, -0.2) is 9.07 Å². The fourth-order valence-electron chi connectivity index (χ4n) is 1.50. The Hall–Kier alpha value is -1.27. The molecule has 0 unspecified atom stereocenters. The molecule has 84 valence electrons. The summed E-state index contributed by atoms with van der Waals surface area (Å²) < 4.78 is 15.7. The Morgan fingerprint density at radius 1 is 1.50 bits per heavy atom. The molecule has 0 aliphatic heterocycles. The molecule has 0 fully saturated rings. The smallest absolute Gasteiger partial charge is 0.156 e. The van der Waals surface area contributed by atoms with E-state index in [1.807, 2.05) is 0 Å². The molecule has 0 spiro atoms. The van der Waals surface area contributed by atoms with Crippen molar-refractivity contribution in [3.05, 3.63) is 34.2 Å². The molecule has 16 heavy (non-hydrogen) atoms. The van der Waals surface area contributed by atoms with Gasteiger partial charge in [0.2, 0.25) is 0 Å². The number of rotatable bonds is 2. The van der Waals surface area contributed by atoms with Crippen LogP contribution in [0, 0.1) is 5.82 Å². The molecule has 2 rings (SSSR count). The van der Waals surface area contributed by atoms with Gasteiger partial charge in [-0.3, -0.25) is 0 Å². The molecule has 1 aromatic carbocycles. The van der Waals surface area contributed by atoms with Gasteiger partial charge < -0.3 is 5.73 Å². The average Bonchev–Trinajstić information content (AvgIpc) is 2.58. The van der Waals surface area contributed by atoms with Gasteiger partial charge in [-0.05, 0) is 22.0 Å². The molecule has 1 heterocycles. The molecule has 2 aromatic rings. The topological polar surface area (TPSA) is 56.7 Å². The first kappa shape index (κ1) is 11.2. The van der Waals surface area contributed by atoms with E-state index in [0.29, 0.717) is 15.7 Å². The summed E-state index contributed by atoms with van der Waals surface area (Å²) in [5.41, 5.74) is 7.35. The number of nitrogens with zero attached hydrogens (tertiary/aromatic N) is 3. The van der Waals surface area contributed by atoms with Crippen molar-refractivity contribution in [2.24, 2.45) is 12.8 Å². The third-order valence-corrected chi connectivity index (χ3v) is 2.87. The highest BCUT2D eigenvalue weighted by Crippen LogP contribution is 2.26. The van der Waals surface area contributed by atoms with Crippen molar-refractivity contribution < 1.29 is 4.39 Å². The minimum Gasteiger partial charge on any atom is -0.326 e. The van der Waals surface area contributed by atoms with Crippen LogP contribution in [0.5, 0.6) is 0 Å². The maximum Gasteiger partial charge on any atom is 0.156 e. The average molecular weight is 285 g/mol. The molecule has 0 bridgehead atoms. The summed E-state index contributed by atoms with van der Waals surface area (Å²) in [6, 6.07) is 4.91. The Kier molecular flexibility index (Phi) is 3.02. The highest BCUT2D eigenvalue weighted by Gasteiger charge is 2.12. The maximum atomic E-state index is 13.6. The molecular weight excluding hydrogens is 275 g/mol. The molecule has 1 aromatic heterocycles. The monoisotopic (exact) mass is 284 g/mol. The fourth-order valence-corrected chi connectivity index (χ4v) is 2.05. The summed E-state index contributed by atoms with van der Waals surface area (Å²) in [5.74, 6) is -0.312. The molecule has 0 aliphatic carbocycles. The van der Waals surface area contributed by atoms with Crippen molar-refractivity contribution in [2.75, 3.05) is 0 Å². The van der Waals surface area contributed by atoms with E-state index in [9.17, 15) is 4.39 Å². The standard InChI is InChI=1S/C10H10BrFN4/c1-16-9(10(11)14-15-16)6-2-3-7(5-13)8(12)4-6/h2-4H,5,13H2,1H3. The second-order valence-electron chi connectivity index (χ2n) is 3.36. The van der Waals surface area contributed by atoms with Crippen molar-refractivity contribution in [3.8, 4) is 11.3 Å². The van der Waals surface area contributed by atoms with Crippen LogP contribution >= 0.6 is 15.9 Å². The molecule has 2 N–H and O–H groups in total. The second-order valence-corrected chi connectivity index (χ2v) is 4.11. The molecular formula is C10H10BrFN4. The molecule has 0 amide bonds. The van der Waals surface area contributed by atoms with Crippen molar-refractivity contribution in [1.29, 1.82) is 0 Å². The normalized spacial score (nSPS) is 10.8. The lowest BCUT2D eigenvalue weighted by Gasteiger charge is -2.04. The van der Waals surface area contributed by atoms with E-state index in [2.05, 4.69) is 26.2 Å². The van der Waals surface area contributed by atoms with Crippen LogP contribution in [0.3, 0.4) is 0 Å². The van der Waals surface area contributed by atoms with Crippen LogP contribution in [0.1, 0.15) is 5.56 Å². The van der Waals surface area contributed by atoms with Crippen molar-refractivity contribution in [3.63, 3.8) is 0 Å². The maximum absolute atomic E-state index is 13.6. The number of hydrogen-bond acceptors (Lipinski definition) is 3. The van der Waals surface area contributed by atoms with E-state index in [1.165, 1.54) is 6.07 Å². The van der Waals surface area contributed by atoms with Crippen LogP contribution in [0.15, 0.2) is 22.8 Å². The molecule has 0 aliphatic rings. The number of aromatic nitrogens is 3. The Labute approximate surface area is 100 Å². The molecule has 6 heteroatoms. The SMILES string of the molecule is Cn1nnc(Br)c1-c1ccc(CN)c(F)c1. The number of hydrogen-bond donors (Lipinski definition) is 1. The lowest BCUT2D eigenvalue weighted by atomic mass is 10.1. The van der Waals surface area contributed by atoms with Crippen molar-refractivity contribution in [1.82, 2.24) is 15.0 Å². The zero-order chi connectivity index (χ0) is 11.7. The van der Waals surface area contributed by atoms with Crippen molar-refractivity contribution >= 4 is 15.9 Å². The number of benzene rings is 1. The lowest BCUT2D eigenvalue weighted by molar-refractivity contribution is 0.611. The molecule has 0 atom stereocenters. The van der Waals surface area contributed by atoms with Gasteiger partial charge in [-0.2, -0.15) is 0 Å². The van der Waals surface area contributed by atoms with E-state index in [-0.39, 0.29) is 12.4 Å². The van der Waals surface area contributed by atoms with E-state index < -0.39 is 0 Å². The van der Waals surface area contributed by atoms with Gasteiger partial charge in [0, 0.05) is 24.7 Å². The number of nitrogens with two attached hydrogens (primary N) is 1. The van der Waals surface area contributed by atoms with Gasteiger partial charge in [0.1, 0.15) is 11.5 Å². The first-order chi connectivity index (χ1) is 7.63. The van der Waals surface area contributed by atoms with Gasteiger partial charge in [0.15, 0.2) is 4.60 Å². The van der Waals surface area contributed by atoms with Gasteiger partial charge >= 0.3 is 0 Å². The van der Waals surface area contributed by atoms with Crippen LogP contribution in [0.2, 0.25) is 0 Å². The van der Waals surface area contributed by atoms with Gasteiger partial charge in [-0.15, -0.1) is 5.10 Å². The summed E-state index contributed by atoms with van der Waals surface area (Å²) in [6.07, 6.45) is 0. The Morgan fingerprint density at radius 3 is 2.75 bits per heavy atom. The van der Waals surface area contributed by atoms with Crippen LogP contribution in [0.4, 0.5) is 4.39 Å². The number of aryl methyl sites for hydroxylation is 1. The summed E-state index contributed by atoms with van der Waals surface area (Å²) >= 11 is 3.27. The second kappa shape index (κ2) is 4.31. The van der Waals surface area contributed by atoms with E-state index in [1.54, 1.807) is 23.9 Å². The highest BCUT2D eigenvalue weighted by atomic mass is 79.9. The highest BCUT2D eigenvalue weighted by molar-refractivity contribution is 9.10. The summed E-state index contributed by atoms with van der Waals surface area (Å²) in [7, 11) is 1.75. The summed E-state index contributed by atoms with van der Waals surface area (Å²) in [5, 5.41) is 7.68.